The summed E-state index contributed by atoms with van der Waals surface area (Å²) in [5.74, 6) is -0.483. The van der Waals surface area contributed by atoms with Crippen molar-refractivity contribution in [1.29, 1.82) is 0 Å². The van der Waals surface area contributed by atoms with Crippen LogP contribution in [0.25, 0.3) is 11.3 Å². The molecule has 32 heavy (non-hydrogen) atoms. The van der Waals surface area contributed by atoms with Gasteiger partial charge in [0, 0.05) is 34.6 Å². The topological polar surface area (TPSA) is 101 Å². The summed E-state index contributed by atoms with van der Waals surface area (Å²) in [5.41, 5.74) is 8.82. The number of amides is 2. The van der Waals surface area contributed by atoms with Gasteiger partial charge in [0.25, 0.3) is 5.91 Å². The first-order valence-electron chi connectivity index (χ1n) is 9.88. The molecule has 4 rings (SSSR count). The molecule has 2 aromatic heterocycles. The molecule has 162 valence electrons. The van der Waals surface area contributed by atoms with E-state index in [4.69, 9.17) is 5.73 Å². The van der Waals surface area contributed by atoms with Gasteiger partial charge in [0.2, 0.25) is 5.91 Å². The van der Waals surface area contributed by atoms with Crippen LogP contribution >= 0.6 is 22.7 Å². The SMILES string of the molecule is Nc1nc(-c2ccc(C(=O)NCC(=O)N(Cc3ccccc3)Cc3nccs3)cc2)cs1. The van der Waals surface area contributed by atoms with Gasteiger partial charge in [-0.3, -0.25) is 9.59 Å². The van der Waals surface area contributed by atoms with Crippen molar-refractivity contribution in [3.63, 3.8) is 0 Å². The molecule has 0 saturated carbocycles. The van der Waals surface area contributed by atoms with Crippen LogP contribution in [0.15, 0.2) is 71.6 Å². The largest absolute Gasteiger partial charge is 0.375 e. The quantitative estimate of drug-likeness (QED) is 0.414. The minimum absolute atomic E-state index is 0.0958. The fourth-order valence-electron chi connectivity index (χ4n) is 3.11. The Bertz CT molecular complexity index is 1170. The van der Waals surface area contributed by atoms with Gasteiger partial charge in [0.1, 0.15) is 5.01 Å². The summed E-state index contributed by atoms with van der Waals surface area (Å²) in [6.07, 6.45) is 1.72. The summed E-state index contributed by atoms with van der Waals surface area (Å²) in [5, 5.41) is 7.82. The molecule has 0 unspecified atom stereocenters. The number of carbonyl (C=O) groups excluding carboxylic acids is 2. The van der Waals surface area contributed by atoms with Crippen LogP contribution in [0.4, 0.5) is 5.13 Å². The van der Waals surface area contributed by atoms with E-state index < -0.39 is 0 Å². The number of rotatable bonds is 8. The Hall–Kier alpha value is -3.56. The number of benzene rings is 2. The predicted octanol–water partition coefficient (Wildman–Crippen LogP) is 3.81. The number of hydrogen-bond donors (Lipinski definition) is 2. The van der Waals surface area contributed by atoms with E-state index in [0.29, 0.717) is 23.8 Å². The van der Waals surface area contributed by atoms with Crippen LogP contribution in [-0.2, 0) is 17.9 Å². The maximum absolute atomic E-state index is 12.9. The Balaban J connectivity index is 1.38. The first-order chi connectivity index (χ1) is 15.6. The lowest BCUT2D eigenvalue weighted by atomic mass is 10.1. The van der Waals surface area contributed by atoms with Crippen molar-refractivity contribution >= 4 is 39.6 Å². The van der Waals surface area contributed by atoms with Crippen LogP contribution in [0.5, 0.6) is 0 Å². The Labute approximate surface area is 193 Å². The summed E-state index contributed by atoms with van der Waals surface area (Å²) < 4.78 is 0. The van der Waals surface area contributed by atoms with Gasteiger partial charge in [-0.05, 0) is 17.7 Å². The molecule has 7 nitrogen and oxygen atoms in total. The van der Waals surface area contributed by atoms with Crippen molar-refractivity contribution in [2.75, 3.05) is 12.3 Å². The number of nitrogens with two attached hydrogens (primary N) is 1. The molecule has 0 radical (unpaired) electrons. The third-order valence-corrected chi connectivity index (χ3v) is 6.18. The second kappa shape index (κ2) is 10.2. The average Bonchev–Trinajstić information content (AvgIpc) is 3.49. The van der Waals surface area contributed by atoms with E-state index in [1.807, 2.05) is 53.2 Å². The monoisotopic (exact) mass is 463 g/mol. The standard InChI is InChI=1S/C23H21N5O2S2/c24-23-27-19(15-32-23)17-6-8-18(9-7-17)22(30)26-12-21(29)28(14-20-25-10-11-31-20)13-16-4-2-1-3-5-16/h1-11,15H,12-14H2,(H2,24,27)(H,26,30). The van der Waals surface area contributed by atoms with Crippen molar-refractivity contribution in [3.05, 3.63) is 87.7 Å². The normalized spacial score (nSPS) is 10.6. The van der Waals surface area contributed by atoms with Crippen LogP contribution in [0, 0.1) is 0 Å². The maximum Gasteiger partial charge on any atom is 0.251 e. The van der Waals surface area contributed by atoms with Gasteiger partial charge >= 0.3 is 0 Å². The highest BCUT2D eigenvalue weighted by atomic mass is 32.1. The summed E-state index contributed by atoms with van der Waals surface area (Å²) in [4.78, 5) is 35.7. The van der Waals surface area contributed by atoms with Gasteiger partial charge < -0.3 is 16.0 Å². The molecule has 0 saturated heterocycles. The summed E-state index contributed by atoms with van der Waals surface area (Å²) in [6.45, 7) is 0.745. The molecule has 0 fully saturated rings. The van der Waals surface area contributed by atoms with Crippen molar-refractivity contribution in [2.45, 2.75) is 13.1 Å². The Kier molecular flexibility index (Phi) is 6.88. The number of nitrogens with zero attached hydrogens (tertiary/aromatic N) is 3. The molecule has 0 spiro atoms. The fourth-order valence-corrected chi connectivity index (χ4v) is 4.32. The lowest BCUT2D eigenvalue weighted by Gasteiger charge is -2.22. The molecule has 2 amide bonds. The van der Waals surface area contributed by atoms with Gasteiger partial charge in [-0.25, -0.2) is 9.97 Å². The van der Waals surface area contributed by atoms with Crippen molar-refractivity contribution in [2.24, 2.45) is 0 Å². The molecule has 0 aliphatic carbocycles. The lowest BCUT2D eigenvalue weighted by Crippen LogP contribution is -2.39. The molecule has 4 aromatic rings. The molecule has 2 heterocycles. The number of aromatic nitrogens is 2. The number of anilines is 1. The van der Waals surface area contributed by atoms with Crippen LogP contribution in [0.1, 0.15) is 20.9 Å². The summed E-state index contributed by atoms with van der Waals surface area (Å²) >= 11 is 2.86. The van der Waals surface area contributed by atoms with Gasteiger partial charge in [-0.1, -0.05) is 42.5 Å². The molecule has 0 atom stereocenters. The molecular formula is C23H21N5O2S2. The van der Waals surface area contributed by atoms with E-state index in [-0.39, 0.29) is 18.4 Å². The molecule has 2 aromatic carbocycles. The molecule has 0 aliphatic heterocycles. The minimum atomic E-state index is -0.309. The fraction of sp³-hybridized carbons (Fsp3) is 0.130. The van der Waals surface area contributed by atoms with Gasteiger partial charge in [0.05, 0.1) is 18.8 Å². The Morgan fingerprint density at radius 2 is 1.78 bits per heavy atom. The van der Waals surface area contributed by atoms with Gasteiger partial charge in [0.15, 0.2) is 5.13 Å². The Morgan fingerprint density at radius 1 is 1.00 bits per heavy atom. The minimum Gasteiger partial charge on any atom is -0.375 e. The summed E-state index contributed by atoms with van der Waals surface area (Å²) in [7, 11) is 0. The summed E-state index contributed by atoms with van der Waals surface area (Å²) in [6, 6.07) is 16.8. The predicted molar refractivity (Wildman–Crippen MR) is 127 cm³/mol. The van der Waals surface area contributed by atoms with Gasteiger partial charge in [-0.15, -0.1) is 22.7 Å². The van der Waals surface area contributed by atoms with E-state index in [9.17, 15) is 9.59 Å². The van der Waals surface area contributed by atoms with E-state index in [1.165, 1.54) is 22.7 Å². The van der Waals surface area contributed by atoms with Gasteiger partial charge in [-0.2, -0.15) is 0 Å². The zero-order chi connectivity index (χ0) is 22.3. The first-order valence-corrected chi connectivity index (χ1v) is 11.6. The molecular weight excluding hydrogens is 442 g/mol. The number of carbonyl (C=O) groups is 2. The zero-order valence-corrected chi connectivity index (χ0v) is 18.7. The van der Waals surface area contributed by atoms with Crippen molar-refractivity contribution in [3.8, 4) is 11.3 Å². The number of hydrogen-bond acceptors (Lipinski definition) is 7. The number of nitrogens with one attached hydrogen (secondary N) is 1. The third kappa shape index (κ3) is 5.57. The van der Waals surface area contributed by atoms with Crippen LogP contribution in [0.3, 0.4) is 0 Å². The lowest BCUT2D eigenvalue weighted by molar-refractivity contribution is -0.131. The van der Waals surface area contributed by atoms with Crippen molar-refractivity contribution < 1.29 is 9.59 Å². The highest BCUT2D eigenvalue weighted by molar-refractivity contribution is 7.13. The Morgan fingerprint density at radius 3 is 2.44 bits per heavy atom. The van der Waals surface area contributed by atoms with Crippen LogP contribution in [-0.4, -0.2) is 33.2 Å². The second-order valence-corrected chi connectivity index (χ2v) is 8.86. The zero-order valence-electron chi connectivity index (χ0n) is 17.1. The highest BCUT2D eigenvalue weighted by Crippen LogP contribution is 2.23. The van der Waals surface area contributed by atoms with E-state index in [1.54, 1.807) is 23.2 Å². The number of thiazole rings is 2. The van der Waals surface area contributed by atoms with Crippen molar-refractivity contribution in [1.82, 2.24) is 20.2 Å². The van der Waals surface area contributed by atoms with Crippen LogP contribution < -0.4 is 11.1 Å². The molecule has 0 aliphatic rings. The smallest absolute Gasteiger partial charge is 0.251 e. The molecule has 9 heteroatoms. The van der Waals surface area contributed by atoms with E-state index in [2.05, 4.69) is 15.3 Å². The molecule has 3 N–H and O–H groups in total. The maximum atomic E-state index is 12.9. The first kappa shape index (κ1) is 21.7. The average molecular weight is 464 g/mol. The number of nitrogen functional groups attached to an aromatic ring is 1. The van der Waals surface area contributed by atoms with Crippen LogP contribution in [0.2, 0.25) is 0 Å². The second-order valence-electron chi connectivity index (χ2n) is 6.99. The highest BCUT2D eigenvalue weighted by Gasteiger charge is 2.17. The molecule has 0 bridgehead atoms. The van der Waals surface area contributed by atoms with E-state index in [0.717, 1.165) is 21.8 Å². The van der Waals surface area contributed by atoms with E-state index >= 15 is 0 Å². The third-order valence-electron chi connectivity index (χ3n) is 4.74.